The average Bonchev–Trinajstić information content (AvgIpc) is 3.27. The van der Waals surface area contributed by atoms with E-state index in [1.54, 1.807) is 6.26 Å². The summed E-state index contributed by atoms with van der Waals surface area (Å²) in [5, 5.41) is 23.5. The normalized spacial score (nSPS) is 21.5. The van der Waals surface area contributed by atoms with E-state index in [4.69, 9.17) is 9.52 Å². The molecule has 2 aromatic rings. The predicted octanol–water partition coefficient (Wildman–Crippen LogP) is 1.37. The van der Waals surface area contributed by atoms with Crippen LogP contribution >= 0.6 is 0 Å². The smallest absolute Gasteiger partial charge is 0.121 e. The fourth-order valence-electron chi connectivity index (χ4n) is 4.14. The molecule has 0 aromatic carbocycles. The van der Waals surface area contributed by atoms with Crippen molar-refractivity contribution >= 4 is 0 Å². The van der Waals surface area contributed by atoms with Crippen molar-refractivity contribution in [3.63, 3.8) is 0 Å². The van der Waals surface area contributed by atoms with Gasteiger partial charge in [0.05, 0.1) is 30.8 Å². The van der Waals surface area contributed by atoms with Crippen LogP contribution in [0.15, 0.2) is 28.9 Å². The van der Waals surface area contributed by atoms with Gasteiger partial charge in [0.2, 0.25) is 0 Å². The van der Waals surface area contributed by atoms with Crippen LogP contribution in [0.1, 0.15) is 42.5 Å². The van der Waals surface area contributed by atoms with Crippen LogP contribution in [-0.4, -0.2) is 62.1 Å². The largest absolute Gasteiger partial charge is 0.468 e. The molecule has 2 aliphatic rings. The third-order valence-electron chi connectivity index (χ3n) is 5.61. The first-order chi connectivity index (χ1) is 12.7. The number of aromatic nitrogens is 2. The van der Waals surface area contributed by atoms with Crippen molar-refractivity contribution in [3.8, 4) is 0 Å². The molecule has 1 fully saturated rings. The molecule has 0 saturated carbocycles. The molecular weight excluding hydrogens is 332 g/mol. The molecule has 1 saturated heterocycles. The molecule has 0 bridgehead atoms. The van der Waals surface area contributed by atoms with Crippen LogP contribution in [0.5, 0.6) is 0 Å². The number of fused-ring (bicyclic) bond motifs is 1. The standard InChI is InChI=1S/C19H28N4O3/c24-14-19(25)18-11-16-12-22(6-2-7-23(16)20-18)15-4-8-21(9-5-15)13-17-3-1-10-26-17/h1,3,10-11,15,19,24-25H,2,4-9,12-14H2. The highest BCUT2D eigenvalue weighted by molar-refractivity contribution is 5.14. The van der Waals surface area contributed by atoms with E-state index in [2.05, 4.69) is 14.9 Å². The molecule has 0 aliphatic carbocycles. The number of piperidine rings is 1. The number of hydrogen-bond acceptors (Lipinski definition) is 6. The zero-order valence-corrected chi connectivity index (χ0v) is 15.1. The van der Waals surface area contributed by atoms with Gasteiger partial charge in [0.1, 0.15) is 11.9 Å². The molecule has 26 heavy (non-hydrogen) atoms. The van der Waals surface area contributed by atoms with Crippen molar-refractivity contribution < 1.29 is 14.6 Å². The van der Waals surface area contributed by atoms with Crippen LogP contribution in [0.25, 0.3) is 0 Å². The third kappa shape index (κ3) is 3.86. The summed E-state index contributed by atoms with van der Waals surface area (Å²) in [6.07, 6.45) is 4.26. The predicted molar refractivity (Wildman–Crippen MR) is 96.3 cm³/mol. The number of aliphatic hydroxyl groups excluding tert-OH is 2. The molecule has 2 N–H and O–H groups in total. The van der Waals surface area contributed by atoms with Crippen LogP contribution in [-0.2, 0) is 19.6 Å². The molecule has 4 heterocycles. The number of hydrogen-bond donors (Lipinski definition) is 2. The highest BCUT2D eigenvalue weighted by Gasteiger charge is 2.27. The Hall–Kier alpha value is -1.67. The lowest BCUT2D eigenvalue weighted by atomic mass is 10.0. The number of furan rings is 1. The summed E-state index contributed by atoms with van der Waals surface area (Å²) in [6, 6.07) is 6.53. The fraction of sp³-hybridized carbons (Fsp3) is 0.632. The molecule has 2 aliphatic heterocycles. The minimum atomic E-state index is -0.882. The maximum Gasteiger partial charge on any atom is 0.121 e. The summed E-state index contributed by atoms with van der Waals surface area (Å²) in [5.74, 6) is 1.04. The molecule has 4 rings (SSSR count). The second-order valence-electron chi connectivity index (χ2n) is 7.39. The lowest BCUT2D eigenvalue weighted by Gasteiger charge is -2.37. The van der Waals surface area contributed by atoms with Gasteiger partial charge in [0.15, 0.2) is 0 Å². The SMILES string of the molecule is OCC(O)c1cc2n(n1)CCCN(C1CCN(Cc3ccco3)CC1)C2. The van der Waals surface area contributed by atoms with Gasteiger partial charge in [-0.2, -0.15) is 5.10 Å². The van der Waals surface area contributed by atoms with Gasteiger partial charge in [-0.25, -0.2) is 0 Å². The van der Waals surface area contributed by atoms with E-state index >= 15 is 0 Å². The van der Waals surface area contributed by atoms with E-state index in [0.717, 1.165) is 57.1 Å². The minimum absolute atomic E-state index is 0.283. The quantitative estimate of drug-likeness (QED) is 0.839. The Morgan fingerprint density at radius 1 is 1.23 bits per heavy atom. The van der Waals surface area contributed by atoms with Crippen molar-refractivity contribution in [3.05, 3.63) is 41.6 Å². The second-order valence-corrected chi connectivity index (χ2v) is 7.39. The molecule has 0 spiro atoms. The Balaban J connectivity index is 1.36. The topological polar surface area (TPSA) is 77.9 Å². The first-order valence-electron chi connectivity index (χ1n) is 9.57. The molecule has 0 amide bonds. The lowest BCUT2D eigenvalue weighted by Crippen LogP contribution is -2.44. The molecule has 142 valence electrons. The van der Waals surface area contributed by atoms with Crippen LogP contribution in [0.4, 0.5) is 0 Å². The van der Waals surface area contributed by atoms with E-state index in [1.807, 2.05) is 22.9 Å². The van der Waals surface area contributed by atoms with Crippen LogP contribution in [0.3, 0.4) is 0 Å². The number of aliphatic hydroxyl groups is 2. The molecule has 1 atom stereocenters. The van der Waals surface area contributed by atoms with Gasteiger partial charge < -0.3 is 14.6 Å². The van der Waals surface area contributed by atoms with Gasteiger partial charge in [-0.15, -0.1) is 0 Å². The van der Waals surface area contributed by atoms with Crippen LogP contribution in [0, 0.1) is 0 Å². The van der Waals surface area contributed by atoms with E-state index in [9.17, 15) is 5.11 Å². The molecule has 1 unspecified atom stereocenters. The van der Waals surface area contributed by atoms with E-state index in [0.29, 0.717) is 11.7 Å². The Labute approximate surface area is 153 Å². The van der Waals surface area contributed by atoms with E-state index in [1.165, 1.54) is 12.8 Å². The highest BCUT2D eigenvalue weighted by Crippen LogP contribution is 2.24. The first-order valence-corrected chi connectivity index (χ1v) is 9.57. The monoisotopic (exact) mass is 360 g/mol. The van der Waals surface area contributed by atoms with E-state index in [-0.39, 0.29) is 6.61 Å². The van der Waals surface area contributed by atoms with Crippen molar-refractivity contribution in [2.45, 2.75) is 51.0 Å². The summed E-state index contributed by atoms with van der Waals surface area (Å²) in [6.45, 7) is 5.63. The summed E-state index contributed by atoms with van der Waals surface area (Å²) >= 11 is 0. The van der Waals surface area contributed by atoms with Gasteiger partial charge in [0, 0.05) is 38.8 Å². The van der Waals surface area contributed by atoms with Crippen molar-refractivity contribution in [2.75, 3.05) is 26.2 Å². The van der Waals surface area contributed by atoms with E-state index < -0.39 is 6.10 Å². The molecular formula is C19H28N4O3. The lowest BCUT2D eigenvalue weighted by molar-refractivity contribution is 0.0910. The summed E-state index contributed by atoms with van der Waals surface area (Å²) < 4.78 is 7.47. The molecule has 7 heteroatoms. The first kappa shape index (κ1) is 17.7. The maximum absolute atomic E-state index is 9.85. The van der Waals surface area contributed by atoms with Crippen molar-refractivity contribution in [2.24, 2.45) is 0 Å². The Morgan fingerprint density at radius 2 is 2.08 bits per heavy atom. The number of rotatable bonds is 5. The summed E-state index contributed by atoms with van der Waals surface area (Å²) in [7, 11) is 0. The molecule has 2 aromatic heterocycles. The minimum Gasteiger partial charge on any atom is -0.468 e. The number of nitrogens with zero attached hydrogens (tertiary/aromatic N) is 4. The Morgan fingerprint density at radius 3 is 2.81 bits per heavy atom. The maximum atomic E-state index is 9.85. The Bertz CT molecular complexity index is 692. The van der Waals surface area contributed by atoms with Gasteiger partial charge in [0.25, 0.3) is 0 Å². The van der Waals surface area contributed by atoms with Crippen molar-refractivity contribution in [1.82, 2.24) is 19.6 Å². The summed E-state index contributed by atoms with van der Waals surface area (Å²) in [5.41, 5.74) is 1.72. The Kier molecular flexibility index (Phi) is 5.40. The third-order valence-corrected chi connectivity index (χ3v) is 5.61. The highest BCUT2D eigenvalue weighted by atomic mass is 16.3. The van der Waals surface area contributed by atoms with Gasteiger partial charge in [-0.05, 0) is 37.5 Å². The molecule has 0 radical (unpaired) electrons. The van der Waals surface area contributed by atoms with Gasteiger partial charge >= 0.3 is 0 Å². The van der Waals surface area contributed by atoms with Crippen molar-refractivity contribution in [1.29, 1.82) is 0 Å². The van der Waals surface area contributed by atoms with Gasteiger partial charge in [-0.3, -0.25) is 14.5 Å². The zero-order chi connectivity index (χ0) is 17.9. The number of aryl methyl sites for hydroxylation is 1. The zero-order valence-electron chi connectivity index (χ0n) is 15.1. The van der Waals surface area contributed by atoms with Crippen LogP contribution in [0.2, 0.25) is 0 Å². The second kappa shape index (κ2) is 7.92. The fourth-order valence-corrected chi connectivity index (χ4v) is 4.14. The average molecular weight is 360 g/mol. The summed E-state index contributed by atoms with van der Waals surface area (Å²) in [4.78, 5) is 5.03. The number of likely N-dealkylation sites (tertiary alicyclic amines) is 1. The molecule has 7 nitrogen and oxygen atoms in total. The van der Waals surface area contributed by atoms with Gasteiger partial charge in [-0.1, -0.05) is 0 Å². The van der Waals surface area contributed by atoms with Crippen LogP contribution < -0.4 is 0 Å².